The van der Waals surface area contributed by atoms with Crippen molar-refractivity contribution in [1.82, 2.24) is 0 Å². The van der Waals surface area contributed by atoms with Gasteiger partial charge in [0.2, 0.25) is 5.78 Å². The van der Waals surface area contributed by atoms with E-state index in [2.05, 4.69) is 0 Å². The van der Waals surface area contributed by atoms with Gasteiger partial charge >= 0.3 is 0 Å². The van der Waals surface area contributed by atoms with E-state index in [0.717, 1.165) is 6.07 Å². The van der Waals surface area contributed by atoms with Gasteiger partial charge in [-0.05, 0) is 29.8 Å². The first kappa shape index (κ1) is 22.6. The summed E-state index contributed by atoms with van der Waals surface area (Å²) in [6, 6.07) is 11.5. The second-order valence-corrected chi connectivity index (χ2v) is 8.20. The minimum absolute atomic E-state index is 0.0540. The van der Waals surface area contributed by atoms with E-state index in [9.17, 15) is 30.3 Å². The van der Waals surface area contributed by atoms with Crippen molar-refractivity contribution in [2.75, 3.05) is 13.7 Å². The van der Waals surface area contributed by atoms with Crippen molar-refractivity contribution in [2.45, 2.75) is 24.4 Å². The van der Waals surface area contributed by atoms with Crippen molar-refractivity contribution in [3.63, 3.8) is 0 Å². The molecule has 0 aliphatic carbocycles. The molecule has 0 unspecified atom stereocenters. The Morgan fingerprint density at radius 2 is 1.54 bits per heavy atom. The molecule has 0 radical (unpaired) electrons. The Balaban J connectivity index is 1.49. The molecule has 3 aromatic carbocycles. The van der Waals surface area contributed by atoms with Crippen LogP contribution < -0.4 is 18.9 Å². The van der Waals surface area contributed by atoms with Crippen molar-refractivity contribution in [3.05, 3.63) is 65.2 Å². The van der Waals surface area contributed by atoms with E-state index in [1.165, 1.54) is 19.2 Å². The number of hydrogen-bond acceptors (Lipinski definition) is 10. The van der Waals surface area contributed by atoms with E-state index in [0.29, 0.717) is 16.9 Å². The van der Waals surface area contributed by atoms with Crippen LogP contribution >= 0.6 is 0 Å². The molecule has 5 rings (SSSR count). The van der Waals surface area contributed by atoms with Crippen molar-refractivity contribution >= 4 is 5.78 Å². The Hall–Kier alpha value is -4.15. The fourth-order valence-electron chi connectivity index (χ4n) is 4.28. The van der Waals surface area contributed by atoms with Crippen molar-refractivity contribution in [3.8, 4) is 40.2 Å². The number of methoxy groups -OCH3 is 1. The summed E-state index contributed by atoms with van der Waals surface area (Å²) in [7, 11) is 1.41. The number of aromatic hydroxyl groups is 3. The molecule has 0 aromatic heterocycles. The molecular formula is C25H22O10. The van der Waals surface area contributed by atoms with Gasteiger partial charge < -0.3 is 44.5 Å². The van der Waals surface area contributed by atoms with Crippen LogP contribution in [0.25, 0.3) is 0 Å². The maximum atomic E-state index is 12.7. The van der Waals surface area contributed by atoms with Gasteiger partial charge in [-0.25, -0.2) is 0 Å². The number of aliphatic hydroxyl groups is 2. The highest BCUT2D eigenvalue weighted by Crippen LogP contribution is 2.45. The summed E-state index contributed by atoms with van der Waals surface area (Å²) in [5.41, 5.74) is 0.751. The first-order valence-electron chi connectivity index (χ1n) is 10.7. The van der Waals surface area contributed by atoms with Crippen LogP contribution in [-0.2, 0) is 0 Å². The molecule has 0 spiro atoms. The van der Waals surface area contributed by atoms with Gasteiger partial charge in [0.1, 0.15) is 22.8 Å². The summed E-state index contributed by atoms with van der Waals surface area (Å²) in [5.74, 6) is -0.823. The fourth-order valence-corrected chi connectivity index (χ4v) is 4.28. The normalized spacial score (nSPS) is 22.8. The zero-order valence-corrected chi connectivity index (χ0v) is 18.4. The topological polar surface area (TPSA) is 155 Å². The van der Waals surface area contributed by atoms with Crippen LogP contribution in [-0.4, -0.2) is 57.2 Å². The third-order valence-electron chi connectivity index (χ3n) is 6.00. The molecule has 2 aliphatic heterocycles. The number of hydrogen-bond donors (Lipinski definition) is 5. The Bertz CT molecular complexity index is 1300. The quantitative estimate of drug-likeness (QED) is 0.374. The highest BCUT2D eigenvalue weighted by atomic mass is 16.6. The Labute approximate surface area is 199 Å². The smallest absolute Gasteiger partial charge is 0.202 e. The molecule has 0 bridgehead atoms. The number of rotatable bonds is 4. The molecule has 5 N–H and O–H groups in total. The molecular weight excluding hydrogens is 460 g/mol. The molecule has 35 heavy (non-hydrogen) atoms. The molecule has 3 aromatic rings. The van der Waals surface area contributed by atoms with E-state index >= 15 is 0 Å². The van der Waals surface area contributed by atoms with E-state index in [1.54, 1.807) is 30.3 Å². The SMILES string of the molecule is COc1cc([C@@H]2Oc3cc([C@@H]4Oc5cc(O)cc(O)c5C(=O)[C@@H]4O)ccc3O[C@@H]2CO)ccc1O. The van der Waals surface area contributed by atoms with Gasteiger partial charge in [0, 0.05) is 17.7 Å². The summed E-state index contributed by atoms with van der Waals surface area (Å²) in [4.78, 5) is 12.7. The van der Waals surface area contributed by atoms with E-state index in [-0.39, 0.29) is 40.9 Å². The molecule has 10 nitrogen and oxygen atoms in total. The van der Waals surface area contributed by atoms with Crippen molar-refractivity contribution < 1.29 is 49.3 Å². The molecule has 0 amide bonds. The molecule has 2 aliphatic rings. The van der Waals surface area contributed by atoms with Gasteiger partial charge in [0.25, 0.3) is 0 Å². The summed E-state index contributed by atoms with van der Waals surface area (Å²) < 4.78 is 23.0. The highest BCUT2D eigenvalue weighted by molar-refractivity contribution is 6.05. The van der Waals surface area contributed by atoms with Crippen molar-refractivity contribution in [1.29, 1.82) is 0 Å². The Kier molecular flexibility index (Phi) is 5.54. The standard InChI is InChI=1S/C25H22O10/c1-32-17-6-11(2-4-14(17)28)24-20(10-26)33-16-5-3-12(7-18(16)34-24)25-23(31)22(30)21-15(29)8-13(27)9-19(21)35-25/h2-9,20,23-29,31H,10H2,1H3/t20-,23+,24+,25+/m1/s1. The average Bonchev–Trinajstić information content (AvgIpc) is 2.85. The second kappa shape index (κ2) is 8.57. The lowest BCUT2D eigenvalue weighted by Crippen LogP contribution is -2.37. The van der Waals surface area contributed by atoms with Gasteiger partial charge in [-0.3, -0.25) is 4.79 Å². The first-order chi connectivity index (χ1) is 16.8. The summed E-state index contributed by atoms with van der Waals surface area (Å²) in [6.07, 6.45) is -4.28. The number of benzene rings is 3. The molecule has 0 saturated heterocycles. The number of aliphatic hydroxyl groups excluding tert-OH is 2. The van der Waals surface area contributed by atoms with Crippen LogP contribution in [0.3, 0.4) is 0 Å². The molecule has 2 heterocycles. The predicted molar refractivity (Wildman–Crippen MR) is 119 cm³/mol. The van der Waals surface area contributed by atoms with Crippen molar-refractivity contribution in [2.24, 2.45) is 0 Å². The summed E-state index contributed by atoms with van der Waals surface area (Å²) in [6.45, 7) is -0.349. The number of phenolic OH excluding ortho intramolecular Hbond substituents is 3. The minimum atomic E-state index is -1.62. The largest absolute Gasteiger partial charge is 0.508 e. The minimum Gasteiger partial charge on any atom is -0.508 e. The molecule has 10 heteroatoms. The van der Waals surface area contributed by atoms with Gasteiger partial charge in [0.15, 0.2) is 47.4 Å². The molecule has 4 atom stereocenters. The fraction of sp³-hybridized carbons (Fsp3) is 0.240. The number of carbonyl (C=O) groups excluding carboxylic acids is 1. The third-order valence-corrected chi connectivity index (χ3v) is 6.00. The highest BCUT2D eigenvalue weighted by Gasteiger charge is 2.40. The number of ether oxygens (including phenoxy) is 4. The van der Waals surface area contributed by atoms with Gasteiger partial charge in [0.05, 0.1) is 13.7 Å². The van der Waals surface area contributed by atoms with Crippen LogP contribution in [0.4, 0.5) is 0 Å². The van der Waals surface area contributed by atoms with Crippen LogP contribution in [0.15, 0.2) is 48.5 Å². The van der Waals surface area contributed by atoms with Crippen LogP contribution in [0.5, 0.6) is 40.2 Å². The van der Waals surface area contributed by atoms with Crippen LogP contribution in [0.1, 0.15) is 33.7 Å². The number of carbonyl (C=O) groups is 1. The average molecular weight is 482 g/mol. The monoisotopic (exact) mass is 482 g/mol. The van der Waals surface area contributed by atoms with Gasteiger partial charge in [-0.2, -0.15) is 0 Å². The lowest BCUT2D eigenvalue weighted by Gasteiger charge is -2.35. The molecule has 0 saturated carbocycles. The lowest BCUT2D eigenvalue weighted by atomic mass is 9.92. The van der Waals surface area contributed by atoms with Crippen LogP contribution in [0, 0.1) is 0 Å². The molecule has 0 fully saturated rings. The van der Waals surface area contributed by atoms with E-state index < -0.39 is 35.9 Å². The Morgan fingerprint density at radius 3 is 2.29 bits per heavy atom. The number of fused-ring (bicyclic) bond motifs is 2. The van der Waals surface area contributed by atoms with E-state index in [1.807, 2.05) is 0 Å². The summed E-state index contributed by atoms with van der Waals surface area (Å²) >= 11 is 0. The summed E-state index contributed by atoms with van der Waals surface area (Å²) in [5, 5.41) is 50.2. The maximum absolute atomic E-state index is 12.7. The first-order valence-corrected chi connectivity index (χ1v) is 10.7. The number of Topliss-reactive ketones (excluding diaryl/α,β-unsaturated/α-hetero) is 1. The predicted octanol–water partition coefficient (Wildman–Crippen LogP) is 2.36. The van der Waals surface area contributed by atoms with Crippen LogP contribution in [0.2, 0.25) is 0 Å². The van der Waals surface area contributed by atoms with Gasteiger partial charge in [-0.1, -0.05) is 12.1 Å². The zero-order valence-electron chi connectivity index (χ0n) is 18.4. The maximum Gasteiger partial charge on any atom is 0.202 e. The third kappa shape index (κ3) is 3.82. The van der Waals surface area contributed by atoms with Gasteiger partial charge in [-0.15, -0.1) is 0 Å². The number of ketones is 1. The Morgan fingerprint density at radius 1 is 0.829 bits per heavy atom. The lowest BCUT2D eigenvalue weighted by molar-refractivity contribution is -0.0130. The second-order valence-electron chi connectivity index (χ2n) is 8.20. The number of phenols is 3. The van der Waals surface area contributed by atoms with E-state index in [4.69, 9.17) is 18.9 Å². The molecule has 182 valence electrons. The zero-order chi connectivity index (χ0) is 24.9.